The molecule has 0 unspecified atom stereocenters. The van der Waals surface area contributed by atoms with E-state index in [0.29, 0.717) is 31.6 Å². The maximum absolute atomic E-state index is 13.7. The van der Waals surface area contributed by atoms with Crippen molar-refractivity contribution in [3.63, 3.8) is 0 Å². The van der Waals surface area contributed by atoms with E-state index in [4.69, 9.17) is 5.73 Å². The van der Waals surface area contributed by atoms with Gasteiger partial charge in [0.15, 0.2) is 0 Å². The number of benzene rings is 1. The number of halogens is 2. The summed E-state index contributed by atoms with van der Waals surface area (Å²) in [5.74, 6) is -1.01. The first-order valence-electron chi connectivity index (χ1n) is 5.56. The van der Waals surface area contributed by atoms with Crippen LogP contribution in [0.25, 0.3) is 0 Å². The smallest absolute Gasteiger partial charge is 0.149 e. The molecular formula is C12H18F2N2. The maximum Gasteiger partial charge on any atom is 0.149 e. The Kier molecular flexibility index (Phi) is 4.68. The van der Waals surface area contributed by atoms with Gasteiger partial charge in [0.2, 0.25) is 0 Å². The highest BCUT2D eigenvalue weighted by Crippen LogP contribution is 2.24. The highest BCUT2D eigenvalue weighted by molar-refractivity contribution is 5.50. The predicted octanol–water partition coefficient (Wildman–Crippen LogP) is 2.31. The van der Waals surface area contributed by atoms with Crippen LogP contribution in [0.5, 0.6) is 0 Å². The molecule has 1 aromatic rings. The molecule has 0 saturated carbocycles. The summed E-state index contributed by atoms with van der Waals surface area (Å²) < 4.78 is 27.5. The Morgan fingerprint density at radius 1 is 1.12 bits per heavy atom. The number of hydrogen-bond donors (Lipinski definition) is 1. The number of nitrogens with zero attached hydrogens (tertiary/aromatic N) is 1. The second-order valence-electron chi connectivity index (χ2n) is 3.62. The van der Waals surface area contributed by atoms with E-state index >= 15 is 0 Å². The van der Waals surface area contributed by atoms with E-state index in [-0.39, 0.29) is 5.69 Å². The van der Waals surface area contributed by atoms with Gasteiger partial charge in [-0.25, -0.2) is 8.78 Å². The quantitative estimate of drug-likeness (QED) is 0.838. The van der Waals surface area contributed by atoms with E-state index in [1.165, 1.54) is 12.1 Å². The molecule has 0 spiro atoms. The van der Waals surface area contributed by atoms with Crippen LogP contribution in [0.15, 0.2) is 12.1 Å². The van der Waals surface area contributed by atoms with Crippen molar-refractivity contribution in [2.45, 2.75) is 20.3 Å². The number of anilines is 1. The number of rotatable bonds is 5. The molecule has 0 fully saturated rings. The number of nitrogens with two attached hydrogens (primary N) is 1. The molecule has 0 amide bonds. The first-order chi connectivity index (χ1) is 7.63. The monoisotopic (exact) mass is 228 g/mol. The third-order valence-electron chi connectivity index (χ3n) is 2.59. The lowest BCUT2D eigenvalue weighted by molar-refractivity contribution is 0.570. The molecule has 0 aromatic heterocycles. The third kappa shape index (κ3) is 2.70. The molecule has 0 bridgehead atoms. The summed E-state index contributed by atoms with van der Waals surface area (Å²) in [6, 6.07) is 2.73. The fourth-order valence-corrected chi connectivity index (χ4v) is 1.77. The average molecular weight is 228 g/mol. The van der Waals surface area contributed by atoms with Gasteiger partial charge in [0, 0.05) is 13.1 Å². The summed E-state index contributed by atoms with van der Waals surface area (Å²) in [6.07, 6.45) is 0.492. The summed E-state index contributed by atoms with van der Waals surface area (Å²) >= 11 is 0. The fraction of sp³-hybridized carbons (Fsp3) is 0.500. The zero-order valence-corrected chi connectivity index (χ0v) is 9.76. The lowest BCUT2D eigenvalue weighted by Gasteiger charge is -2.22. The van der Waals surface area contributed by atoms with Crippen molar-refractivity contribution in [3.8, 4) is 0 Å². The molecule has 0 radical (unpaired) electrons. The van der Waals surface area contributed by atoms with E-state index in [2.05, 4.69) is 0 Å². The van der Waals surface area contributed by atoms with Gasteiger partial charge < -0.3 is 10.6 Å². The summed E-state index contributed by atoms with van der Waals surface area (Å²) in [6.45, 7) is 5.30. The minimum atomic E-state index is -0.507. The molecule has 90 valence electrons. The lowest BCUT2D eigenvalue weighted by atomic mass is 10.1. The van der Waals surface area contributed by atoms with Crippen LogP contribution in [0.1, 0.15) is 19.4 Å². The van der Waals surface area contributed by atoms with Crippen molar-refractivity contribution < 1.29 is 8.78 Å². The first-order valence-corrected chi connectivity index (χ1v) is 5.56. The van der Waals surface area contributed by atoms with Crippen molar-refractivity contribution in [2.24, 2.45) is 5.73 Å². The summed E-state index contributed by atoms with van der Waals surface area (Å²) in [4.78, 5) is 1.66. The summed E-state index contributed by atoms with van der Waals surface area (Å²) in [5.41, 5.74) is 6.02. The topological polar surface area (TPSA) is 29.3 Å². The van der Waals surface area contributed by atoms with Gasteiger partial charge in [-0.05, 0) is 44.5 Å². The van der Waals surface area contributed by atoms with E-state index in [9.17, 15) is 8.78 Å². The fourth-order valence-electron chi connectivity index (χ4n) is 1.77. The van der Waals surface area contributed by atoms with Crippen LogP contribution in [-0.4, -0.2) is 19.6 Å². The van der Waals surface area contributed by atoms with Crippen molar-refractivity contribution in [3.05, 3.63) is 29.3 Å². The second kappa shape index (κ2) is 5.80. The van der Waals surface area contributed by atoms with Crippen molar-refractivity contribution in [2.75, 3.05) is 24.5 Å². The normalized spacial score (nSPS) is 10.6. The van der Waals surface area contributed by atoms with Gasteiger partial charge in [0.05, 0.1) is 0 Å². The van der Waals surface area contributed by atoms with Crippen LogP contribution >= 0.6 is 0 Å². The Morgan fingerprint density at radius 2 is 1.62 bits per heavy atom. The Hall–Kier alpha value is -1.16. The van der Waals surface area contributed by atoms with Gasteiger partial charge in [-0.2, -0.15) is 0 Å². The molecule has 2 nitrogen and oxygen atoms in total. The Bertz CT molecular complexity index is 326. The molecule has 0 aliphatic carbocycles. The Labute approximate surface area is 95.1 Å². The Balaban J connectivity index is 3.11. The zero-order chi connectivity index (χ0) is 12.1. The molecule has 16 heavy (non-hydrogen) atoms. The minimum absolute atomic E-state index is 0.0609. The molecule has 0 aliphatic heterocycles. The van der Waals surface area contributed by atoms with Gasteiger partial charge in [-0.15, -0.1) is 0 Å². The van der Waals surface area contributed by atoms with E-state index in [1.807, 2.05) is 13.8 Å². The molecule has 0 heterocycles. The molecular weight excluding hydrogens is 210 g/mol. The predicted molar refractivity (Wildman–Crippen MR) is 62.7 cm³/mol. The summed E-state index contributed by atoms with van der Waals surface area (Å²) in [7, 11) is 0. The lowest BCUT2D eigenvalue weighted by Crippen LogP contribution is -2.24. The molecule has 1 aromatic carbocycles. The molecule has 1 rings (SSSR count). The zero-order valence-electron chi connectivity index (χ0n) is 9.76. The molecule has 0 atom stereocenters. The number of hydrogen-bond acceptors (Lipinski definition) is 2. The molecule has 0 aliphatic rings. The van der Waals surface area contributed by atoms with Gasteiger partial charge in [-0.3, -0.25) is 0 Å². The average Bonchev–Trinajstić information content (AvgIpc) is 2.23. The first kappa shape index (κ1) is 12.9. The van der Waals surface area contributed by atoms with Gasteiger partial charge in [-0.1, -0.05) is 0 Å². The molecule has 2 N–H and O–H groups in total. The largest absolute Gasteiger partial charge is 0.367 e. The summed E-state index contributed by atoms with van der Waals surface area (Å²) in [5, 5.41) is 0. The highest BCUT2D eigenvalue weighted by atomic mass is 19.1. The second-order valence-corrected chi connectivity index (χ2v) is 3.62. The van der Waals surface area contributed by atoms with Crippen LogP contribution < -0.4 is 10.6 Å². The maximum atomic E-state index is 13.7. The van der Waals surface area contributed by atoms with Crippen LogP contribution in [0, 0.1) is 11.6 Å². The third-order valence-corrected chi connectivity index (χ3v) is 2.59. The standard InChI is InChI=1S/C12H18F2N2/c1-3-16(4-2)12-10(13)7-9(5-6-15)8-11(12)14/h7-8H,3-6,15H2,1-2H3. The van der Waals surface area contributed by atoms with Gasteiger partial charge in [0.1, 0.15) is 17.3 Å². The van der Waals surface area contributed by atoms with Crippen LogP contribution in [-0.2, 0) is 6.42 Å². The van der Waals surface area contributed by atoms with E-state index in [0.717, 1.165) is 0 Å². The minimum Gasteiger partial charge on any atom is -0.367 e. The molecule has 4 heteroatoms. The van der Waals surface area contributed by atoms with Crippen LogP contribution in [0.4, 0.5) is 14.5 Å². The van der Waals surface area contributed by atoms with E-state index < -0.39 is 11.6 Å². The highest BCUT2D eigenvalue weighted by Gasteiger charge is 2.15. The van der Waals surface area contributed by atoms with Crippen LogP contribution in [0.2, 0.25) is 0 Å². The van der Waals surface area contributed by atoms with Crippen molar-refractivity contribution in [1.82, 2.24) is 0 Å². The van der Waals surface area contributed by atoms with Crippen molar-refractivity contribution in [1.29, 1.82) is 0 Å². The van der Waals surface area contributed by atoms with Gasteiger partial charge in [0.25, 0.3) is 0 Å². The van der Waals surface area contributed by atoms with Crippen LogP contribution in [0.3, 0.4) is 0 Å². The van der Waals surface area contributed by atoms with Crippen molar-refractivity contribution >= 4 is 5.69 Å². The molecule has 0 saturated heterocycles. The SMILES string of the molecule is CCN(CC)c1c(F)cc(CCN)cc1F. The van der Waals surface area contributed by atoms with Gasteiger partial charge >= 0.3 is 0 Å². The van der Waals surface area contributed by atoms with E-state index in [1.54, 1.807) is 4.90 Å². The Morgan fingerprint density at radius 3 is 2.00 bits per heavy atom.